The molecule has 0 aliphatic heterocycles. The topological polar surface area (TPSA) is 43.4 Å². The van der Waals surface area contributed by atoms with Gasteiger partial charge in [-0.05, 0) is 19.1 Å². The highest BCUT2D eigenvalue weighted by atomic mass is 32.2. The van der Waals surface area contributed by atoms with E-state index in [0.717, 1.165) is 0 Å². The van der Waals surface area contributed by atoms with Crippen LogP contribution in [-0.2, 0) is 14.3 Å². The van der Waals surface area contributed by atoms with Crippen molar-refractivity contribution in [3.63, 3.8) is 0 Å². The molecule has 0 saturated carbocycles. The van der Waals surface area contributed by atoms with Crippen molar-refractivity contribution in [2.45, 2.75) is 20.8 Å². The van der Waals surface area contributed by atoms with E-state index in [1.807, 2.05) is 20.1 Å². The number of thioether (sulfide) groups is 1. The third-order valence-electron chi connectivity index (χ3n) is 1.84. The number of hydrogen-bond acceptors (Lipinski definition) is 4. The molecule has 0 heterocycles. The first-order valence-electron chi connectivity index (χ1n) is 4.72. The summed E-state index contributed by atoms with van der Waals surface area (Å²) in [4.78, 5) is 23.0. The van der Waals surface area contributed by atoms with E-state index in [1.54, 1.807) is 6.92 Å². The van der Waals surface area contributed by atoms with Crippen LogP contribution in [0.3, 0.4) is 0 Å². The number of carbonyl (C=O) groups excluding carboxylic acids is 2. The molecule has 0 aromatic rings. The fourth-order valence-electron chi connectivity index (χ4n) is 1.24. The number of carbonyl (C=O) groups is 2. The Kier molecular flexibility index (Phi) is 6.62. The van der Waals surface area contributed by atoms with Crippen LogP contribution in [0.2, 0.25) is 0 Å². The first-order chi connectivity index (χ1) is 6.54. The molecule has 14 heavy (non-hydrogen) atoms. The third-order valence-corrected chi connectivity index (χ3v) is 2.41. The van der Waals surface area contributed by atoms with Crippen LogP contribution in [-0.4, -0.2) is 30.4 Å². The molecular weight excluding hydrogens is 200 g/mol. The molecule has 0 N–H and O–H groups in total. The van der Waals surface area contributed by atoms with Gasteiger partial charge in [0.05, 0.1) is 12.4 Å². The van der Waals surface area contributed by atoms with E-state index in [0.29, 0.717) is 12.4 Å². The molecule has 0 saturated heterocycles. The van der Waals surface area contributed by atoms with Crippen molar-refractivity contribution < 1.29 is 14.3 Å². The molecule has 0 radical (unpaired) electrons. The molecule has 0 aliphatic rings. The van der Waals surface area contributed by atoms with Gasteiger partial charge in [0.2, 0.25) is 0 Å². The van der Waals surface area contributed by atoms with Gasteiger partial charge in [-0.2, -0.15) is 11.8 Å². The molecule has 0 amide bonds. The number of ether oxygens (including phenoxy) is 1. The Morgan fingerprint density at radius 2 is 1.93 bits per heavy atom. The van der Waals surface area contributed by atoms with Gasteiger partial charge in [0.15, 0.2) is 5.78 Å². The summed E-state index contributed by atoms with van der Waals surface area (Å²) < 4.78 is 4.86. The van der Waals surface area contributed by atoms with Crippen LogP contribution in [0.5, 0.6) is 0 Å². The highest BCUT2D eigenvalue weighted by Gasteiger charge is 2.30. The average Bonchev–Trinajstić information content (AvgIpc) is 2.04. The molecule has 4 heteroatoms. The predicted octanol–water partition coefficient (Wildman–Crippen LogP) is 1.75. The number of ketones is 1. The quantitative estimate of drug-likeness (QED) is 0.503. The van der Waals surface area contributed by atoms with Gasteiger partial charge in [0, 0.05) is 0 Å². The molecule has 0 spiro atoms. The van der Waals surface area contributed by atoms with Crippen molar-refractivity contribution >= 4 is 23.5 Å². The van der Waals surface area contributed by atoms with Gasteiger partial charge in [0.1, 0.15) is 5.92 Å². The molecule has 1 unspecified atom stereocenters. The van der Waals surface area contributed by atoms with Crippen LogP contribution in [0.1, 0.15) is 20.8 Å². The van der Waals surface area contributed by atoms with E-state index in [2.05, 4.69) is 0 Å². The molecule has 0 bridgehead atoms. The molecule has 82 valence electrons. The minimum Gasteiger partial charge on any atom is -0.465 e. The van der Waals surface area contributed by atoms with Gasteiger partial charge in [-0.3, -0.25) is 9.59 Å². The van der Waals surface area contributed by atoms with Crippen molar-refractivity contribution in [1.82, 2.24) is 0 Å². The van der Waals surface area contributed by atoms with E-state index >= 15 is 0 Å². The lowest BCUT2D eigenvalue weighted by molar-refractivity contribution is -0.152. The minimum atomic E-state index is -0.595. The summed E-state index contributed by atoms with van der Waals surface area (Å²) in [5, 5.41) is 0. The number of rotatable bonds is 6. The standard InChI is InChI=1S/C10H18O3S/c1-5-13-10(12)9(7(2)3)8(11)6-14-4/h7,9H,5-6H2,1-4H3. The molecule has 0 aromatic carbocycles. The van der Waals surface area contributed by atoms with Crippen LogP contribution in [0.25, 0.3) is 0 Å². The second-order valence-electron chi connectivity index (χ2n) is 3.37. The monoisotopic (exact) mass is 218 g/mol. The lowest BCUT2D eigenvalue weighted by Gasteiger charge is -2.17. The van der Waals surface area contributed by atoms with Crippen molar-refractivity contribution in [3.8, 4) is 0 Å². The van der Waals surface area contributed by atoms with Crippen LogP contribution < -0.4 is 0 Å². The Balaban J connectivity index is 4.42. The van der Waals surface area contributed by atoms with Gasteiger partial charge >= 0.3 is 5.97 Å². The van der Waals surface area contributed by atoms with E-state index < -0.39 is 5.92 Å². The summed E-state index contributed by atoms with van der Waals surface area (Å²) in [6.45, 7) is 5.79. The zero-order valence-corrected chi connectivity index (χ0v) is 10.0. The lowest BCUT2D eigenvalue weighted by Crippen LogP contribution is -2.31. The van der Waals surface area contributed by atoms with Gasteiger partial charge < -0.3 is 4.74 Å². The second kappa shape index (κ2) is 6.87. The molecule has 0 rings (SSSR count). The van der Waals surface area contributed by atoms with E-state index in [9.17, 15) is 9.59 Å². The van der Waals surface area contributed by atoms with E-state index in [4.69, 9.17) is 4.74 Å². The van der Waals surface area contributed by atoms with E-state index in [1.165, 1.54) is 11.8 Å². The summed E-state index contributed by atoms with van der Waals surface area (Å²) in [6, 6.07) is 0. The maximum atomic E-state index is 11.6. The highest BCUT2D eigenvalue weighted by Crippen LogP contribution is 2.16. The van der Waals surface area contributed by atoms with Crippen LogP contribution in [0.15, 0.2) is 0 Å². The van der Waals surface area contributed by atoms with E-state index in [-0.39, 0.29) is 17.7 Å². The summed E-state index contributed by atoms with van der Waals surface area (Å²) in [5.41, 5.74) is 0. The minimum absolute atomic E-state index is 0.00806. The van der Waals surface area contributed by atoms with Gasteiger partial charge in [-0.15, -0.1) is 0 Å². The van der Waals surface area contributed by atoms with Crippen LogP contribution in [0.4, 0.5) is 0 Å². The Morgan fingerprint density at radius 1 is 1.36 bits per heavy atom. The fourth-order valence-corrected chi connectivity index (χ4v) is 1.70. The number of Topliss-reactive ketones (excluding diaryl/α,β-unsaturated/α-hetero) is 1. The molecule has 0 aromatic heterocycles. The van der Waals surface area contributed by atoms with Gasteiger partial charge in [-0.1, -0.05) is 13.8 Å². The second-order valence-corrected chi connectivity index (χ2v) is 4.24. The Bertz CT molecular complexity index is 184. The predicted molar refractivity (Wildman–Crippen MR) is 58.4 cm³/mol. The normalized spacial score (nSPS) is 12.6. The van der Waals surface area contributed by atoms with Crippen molar-refractivity contribution in [2.75, 3.05) is 18.6 Å². The molecule has 1 atom stereocenters. The molecule has 0 fully saturated rings. The Morgan fingerprint density at radius 3 is 2.29 bits per heavy atom. The Labute approximate surface area is 89.6 Å². The smallest absolute Gasteiger partial charge is 0.316 e. The number of hydrogen-bond donors (Lipinski definition) is 0. The summed E-state index contributed by atoms with van der Waals surface area (Å²) >= 11 is 1.43. The summed E-state index contributed by atoms with van der Waals surface area (Å²) in [7, 11) is 0. The highest BCUT2D eigenvalue weighted by molar-refractivity contribution is 7.99. The van der Waals surface area contributed by atoms with Crippen LogP contribution >= 0.6 is 11.8 Å². The van der Waals surface area contributed by atoms with Crippen molar-refractivity contribution in [1.29, 1.82) is 0 Å². The van der Waals surface area contributed by atoms with Gasteiger partial charge in [-0.25, -0.2) is 0 Å². The molecule has 0 aliphatic carbocycles. The first-order valence-corrected chi connectivity index (χ1v) is 6.12. The average molecular weight is 218 g/mol. The Hall–Kier alpha value is -0.510. The fraction of sp³-hybridized carbons (Fsp3) is 0.800. The van der Waals surface area contributed by atoms with Gasteiger partial charge in [0.25, 0.3) is 0 Å². The maximum Gasteiger partial charge on any atom is 0.316 e. The first kappa shape index (κ1) is 13.5. The largest absolute Gasteiger partial charge is 0.465 e. The lowest BCUT2D eigenvalue weighted by atomic mass is 9.92. The number of esters is 1. The summed E-state index contributed by atoms with van der Waals surface area (Å²) in [5.74, 6) is -0.634. The third kappa shape index (κ3) is 4.13. The summed E-state index contributed by atoms with van der Waals surface area (Å²) in [6.07, 6.45) is 1.85. The maximum absolute atomic E-state index is 11.6. The van der Waals surface area contributed by atoms with Crippen LogP contribution in [0, 0.1) is 11.8 Å². The molecule has 3 nitrogen and oxygen atoms in total. The van der Waals surface area contributed by atoms with Crippen molar-refractivity contribution in [3.05, 3.63) is 0 Å². The zero-order chi connectivity index (χ0) is 11.1. The molecular formula is C10H18O3S. The van der Waals surface area contributed by atoms with Crippen molar-refractivity contribution in [2.24, 2.45) is 11.8 Å². The SMILES string of the molecule is CCOC(=O)C(C(=O)CSC)C(C)C. The zero-order valence-electron chi connectivity index (χ0n) is 9.20.